The van der Waals surface area contributed by atoms with Gasteiger partial charge in [-0.1, -0.05) is 0 Å². The minimum atomic E-state index is -0.135. The van der Waals surface area contributed by atoms with Crippen LogP contribution in [0, 0.1) is 0 Å². The molecule has 3 heteroatoms. The van der Waals surface area contributed by atoms with Crippen molar-refractivity contribution in [1.29, 1.82) is 0 Å². The molecular formula is C7H13ClO2. The Balaban J connectivity index is 2.35. The van der Waals surface area contributed by atoms with Crippen LogP contribution < -0.4 is 0 Å². The molecule has 0 bridgehead atoms. The summed E-state index contributed by atoms with van der Waals surface area (Å²) in [5.41, 5.74) is 0. The van der Waals surface area contributed by atoms with Crippen molar-refractivity contribution in [3.63, 3.8) is 0 Å². The van der Waals surface area contributed by atoms with E-state index in [-0.39, 0.29) is 18.1 Å². The molecule has 0 saturated carbocycles. The zero-order valence-electron chi connectivity index (χ0n) is 5.92. The van der Waals surface area contributed by atoms with Crippen LogP contribution in [-0.2, 0) is 4.74 Å². The van der Waals surface area contributed by atoms with Gasteiger partial charge < -0.3 is 9.84 Å². The van der Waals surface area contributed by atoms with E-state index in [2.05, 4.69) is 0 Å². The fraction of sp³-hybridized carbons (Fsp3) is 1.00. The molecule has 1 aliphatic rings. The van der Waals surface area contributed by atoms with Gasteiger partial charge in [-0.05, 0) is 19.3 Å². The Hall–Kier alpha value is 0.210. The van der Waals surface area contributed by atoms with Gasteiger partial charge in [0.1, 0.15) is 0 Å². The standard InChI is InChI=1S/C7H13ClO2/c8-6-3-1-2-4-10-7(6)5-9/h6-7,9H,1-5H2. The molecule has 1 rings (SSSR count). The second-order valence-corrected chi connectivity index (χ2v) is 3.16. The largest absolute Gasteiger partial charge is 0.394 e. The number of alkyl halides is 1. The first kappa shape index (κ1) is 8.31. The zero-order chi connectivity index (χ0) is 7.40. The van der Waals surface area contributed by atoms with Crippen LogP contribution in [0.1, 0.15) is 19.3 Å². The molecule has 1 saturated heterocycles. The molecule has 1 aliphatic heterocycles. The van der Waals surface area contributed by atoms with Crippen molar-refractivity contribution >= 4 is 11.6 Å². The number of ether oxygens (including phenoxy) is 1. The van der Waals surface area contributed by atoms with Crippen molar-refractivity contribution in [2.45, 2.75) is 30.7 Å². The Morgan fingerprint density at radius 3 is 3.00 bits per heavy atom. The number of aliphatic hydroxyl groups excluding tert-OH is 1. The molecule has 1 heterocycles. The monoisotopic (exact) mass is 164 g/mol. The van der Waals surface area contributed by atoms with Crippen LogP contribution in [0.2, 0.25) is 0 Å². The summed E-state index contributed by atoms with van der Waals surface area (Å²) in [6.45, 7) is 0.794. The highest BCUT2D eigenvalue weighted by Gasteiger charge is 2.20. The lowest BCUT2D eigenvalue weighted by atomic mass is 10.1. The van der Waals surface area contributed by atoms with Gasteiger partial charge in [-0.15, -0.1) is 11.6 Å². The summed E-state index contributed by atoms with van der Waals surface area (Å²) < 4.78 is 5.28. The lowest BCUT2D eigenvalue weighted by molar-refractivity contribution is 0.0196. The molecule has 0 aliphatic carbocycles. The highest BCUT2D eigenvalue weighted by molar-refractivity contribution is 6.21. The summed E-state index contributed by atoms with van der Waals surface area (Å²) in [4.78, 5) is 0. The lowest BCUT2D eigenvalue weighted by Gasteiger charge is -2.16. The average Bonchev–Trinajstić information content (AvgIpc) is 2.13. The van der Waals surface area contributed by atoms with Crippen molar-refractivity contribution in [3.8, 4) is 0 Å². The van der Waals surface area contributed by atoms with Gasteiger partial charge in [0, 0.05) is 6.61 Å². The SMILES string of the molecule is OCC1OCCCCC1Cl. The summed E-state index contributed by atoms with van der Waals surface area (Å²) in [6, 6.07) is 0. The van der Waals surface area contributed by atoms with E-state index >= 15 is 0 Å². The summed E-state index contributed by atoms with van der Waals surface area (Å²) >= 11 is 5.90. The Labute approximate surface area is 66.1 Å². The Bertz CT molecular complexity index is 97.6. The van der Waals surface area contributed by atoms with Crippen LogP contribution in [0.4, 0.5) is 0 Å². The predicted molar refractivity (Wildman–Crippen MR) is 40.3 cm³/mol. The molecule has 1 fully saturated rings. The van der Waals surface area contributed by atoms with Crippen LogP contribution in [0.5, 0.6) is 0 Å². The molecule has 0 spiro atoms. The molecule has 2 unspecified atom stereocenters. The minimum Gasteiger partial charge on any atom is -0.394 e. The maximum Gasteiger partial charge on any atom is 0.0968 e. The second kappa shape index (κ2) is 4.16. The third kappa shape index (κ3) is 2.11. The van der Waals surface area contributed by atoms with E-state index in [4.69, 9.17) is 21.4 Å². The molecular weight excluding hydrogens is 152 g/mol. The van der Waals surface area contributed by atoms with Gasteiger partial charge in [-0.2, -0.15) is 0 Å². The van der Waals surface area contributed by atoms with Crippen LogP contribution in [0.25, 0.3) is 0 Å². The molecule has 2 nitrogen and oxygen atoms in total. The van der Waals surface area contributed by atoms with Crippen LogP contribution in [-0.4, -0.2) is 29.8 Å². The first-order valence-electron chi connectivity index (χ1n) is 3.71. The molecule has 1 N–H and O–H groups in total. The summed E-state index contributed by atoms with van der Waals surface area (Å²) in [6.07, 6.45) is 3.01. The van der Waals surface area contributed by atoms with Gasteiger partial charge in [0.25, 0.3) is 0 Å². The Kier molecular flexibility index (Phi) is 3.46. The van der Waals surface area contributed by atoms with Gasteiger partial charge in [0.2, 0.25) is 0 Å². The lowest BCUT2D eigenvalue weighted by Crippen LogP contribution is -2.26. The van der Waals surface area contributed by atoms with E-state index < -0.39 is 0 Å². The number of aliphatic hydroxyl groups is 1. The number of hydrogen-bond donors (Lipinski definition) is 1. The maximum atomic E-state index is 8.78. The molecule has 0 radical (unpaired) electrons. The van der Waals surface area contributed by atoms with Crippen LogP contribution >= 0.6 is 11.6 Å². The fourth-order valence-electron chi connectivity index (χ4n) is 1.13. The Morgan fingerprint density at radius 1 is 1.50 bits per heavy atom. The number of halogens is 1. The quantitative estimate of drug-likeness (QED) is 0.590. The molecule has 10 heavy (non-hydrogen) atoms. The van der Waals surface area contributed by atoms with E-state index in [9.17, 15) is 0 Å². The van der Waals surface area contributed by atoms with Gasteiger partial charge >= 0.3 is 0 Å². The number of rotatable bonds is 1. The van der Waals surface area contributed by atoms with Crippen molar-refractivity contribution in [2.24, 2.45) is 0 Å². The molecule has 0 aromatic carbocycles. The smallest absolute Gasteiger partial charge is 0.0968 e. The van der Waals surface area contributed by atoms with Crippen molar-refractivity contribution < 1.29 is 9.84 Å². The molecule has 0 aromatic heterocycles. The summed E-state index contributed by atoms with van der Waals surface area (Å²) in [5, 5.41) is 8.78. The van der Waals surface area contributed by atoms with Gasteiger partial charge in [-0.25, -0.2) is 0 Å². The van der Waals surface area contributed by atoms with E-state index in [0.717, 1.165) is 25.9 Å². The summed E-state index contributed by atoms with van der Waals surface area (Å²) in [7, 11) is 0. The third-order valence-corrected chi connectivity index (χ3v) is 2.29. The van der Waals surface area contributed by atoms with Crippen molar-refractivity contribution in [1.82, 2.24) is 0 Å². The zero-order valence-corrected chi connectivity index (χ0v) is 6.68. The average molecular weight is 165 g/mol. The first-order valence-corrected chi connectivity index (χ1v) is 4.15. The normalized spacial score (nSPS) is 35.4. The summed E-state index contributed by atoms with van der Waals surface area (Å²) in [5.74, 6) is 0. The van der Waals surface area contributed by atoms with E-state index in [1.165, 1.54) is 0 Å². The Morgan fingerprint density at radius 2 is 2.30 bits per heavy atom. The molecule has 0 amide bonds. The maximum absolute atomic E-state index is 8.78. The molecule has 2 atom stereocenters. The molecule has 0 aromatic rings. The van der Waals surface area contributed by atoms with Crippen molar-refractivity contribution in [3.05, 3.63) is 0 Å². The van der Waals surface area contributed by atoms with Gasteiger partial charge in [-0.3, -0.25) is 0 Å². The van der Waals surface area contributed by atoms with Crippen LogP contribution in [0.3, 0.4) is 0 Å². The minimum absolute atomic E-state index is 0.00694. The highest BCUT2D eigenvalue weighted by Crippen LogP contribution is 2.18. The van der Waals surface area contributed by atoms with E-state index in [1.807, 2.05) is 0 Å². The fourth-order valence-corrected chi connectivity index (χ4v) is 1.44. The third-order valence-electron chi connectivity index (χ3n) is 1.79. The number of hydrogen-bond acceptors (Lipinski definition) is 2. The second-order valence-electron chi connectivity index (χ2n) is 2.60. The predicted octanol–water partition coefficient (Wildman–Crippen LogP) is 1.16. The van der Waals surface area contributed by atoms with Crippen molar-refractivity contribution in [2.75, 3.05) is 13.2 Å². The topological polar surface area (TPSA) is 29.5 Å². The van der Waals surface area contributed by atoms with Crippen LogP contribution in [0.15, 0.2) is 0 Å². The van der Waals surface area contributed by atoms with E-state index in [0.29, 0.717) is 0 Å². The van der Waals surface area contributed by atoms with Gasteiger partial charge in [0.15, 0.2) is 0 Å². The highest BCUT2D eigenvalue weighted by atomic mass is 35.5. The first-order chi connectivity index (χ1) is 4.84. The van der Waals surface area contributed by atoms with E-state index in [1.54, 1.807) is 0 Å². The van der Waals surface area contributed by atoms with Gasteiger partial charge in [0.05, 0.1) is 18.1 Å². The molecule has 60 valence electrons.